The van der Waals surface area contributed by atoms with Gasteiger partial charge in [-0.25, -0.2) is 0 Å². The first kappa shape index (κ1) is 22.9. The van der Waals surface area contributed by atoms with E-state index in [4.69, 9.17) is 14.2 Å². The number of carbonyl (C=O) groups is 2. The number of methoxy groups -OCH3 is 1. The highest BCUT2D eigenvalue weighted by atomic mass is 16.5. The van der Waals surface area contributed by atoms with Crippen LogP contribution in [0.4, 0.5) is 0 Å². The molecule has 33 heavy (non-hydrogen) atoms. The van der Waals surface area contributed by atoms with Crippen molar-refractivity contribution in [1.29, 1.82) is 0 Å². The number of benzene rings is 2. The van der Waals surface area contributed by atoms with Crippen molar-refractivity contribution in [2.45, 2.75) is 25.1 Å². The number of amides is 2. The van der Waals surface area contributed by atoms with Crippen molar-refractivity contribution < 1.29 is 28.9 Å². The first-order valence-electron chi connectivity index (χ1n) is 11.0. The van der Waals surface area contributed by atoms with Gasteiger partial charge in [-0.05, 0) is 42.3 Å². The van der Waals surface area contributed by atoms with Crippen molar-refractivity contribution in [3.63, 3.8) is 0 Å². The van der Waals surface area contributed by atoms with Gasteiger partial charge >= 0.3 is 0 Å². The fourth-order valence-corrected chi connectivity index (χ4v) is 4.02. The number of rotatable bonds is 4. The number of carbonyl (C=O) groups excluding carboxylic acids is 2. The first-order chi connectivity index (χ1) is 16.1. The van der Waals surface area contributed by atoms with Crippen molar-refractivity contribution in [1.82, 2.24) is 15.5 Å². The molecule has 0 saturated carbocycles. The normalized spacial score (nSPS) is 21.3. The van der Waals surface area contributed by atoms with E-state index in [1.165, 1.54) is 7.11 Å². The molecule has 0 radical (unpaired) electrons. The van der Waals surface area contributed by atoms with Crippen LogP contribution in [0, 0.1) is 0 Å². The second-order valence-corrected chi connectivity index (χ2v) is 8.15. The van der Waals surface area contributed by atoms with Crippen LogP contribution in [0.1, 0.15) is 22.3 Å². The molecule has 5 rings (SSSR count). The molecule has 9 nitrogen and oxygen atoms in total. The second kappa shape index (κ2) is 10.5. The monoisotopic (exact) mass is 455 g/mol. The van der Waals surface area contributed by atoms with E-state index in [9.17, 15) is 14.7 Å². The number of ether oxygens (including phenoxy) is 3. The van der Waals surface area contributed by atoms with Gasteiger partial charge in [-0.2, -0.15) is 0 Å². The van der Waals surface area contributed by atoms with E-state index in [1.807, 2.05) is 24.3 Å². The molecule has 3 aliphatic rings. The summed E-state index contributed by atoms with van der Waals surface area (Å²) < 4.78 is 17.2. The van der Waals surface area contributed by atoms with Gasteiger partial charge in [0.1, 0.15) is 11.9 Å². The van der Waals surface area contributed by atoms with Crippen LogP contribution in [0.3, 0.4) is 0 Å². The number of fused-ring (bicyclic) bond motifs is 7. The minimum Gasteiger partial charge on any atom is -0.493 e. The lowest BCUT2D eigenvalue weighted by Gasteiger charge is -2.21. The Bertz CT molecular complexity index is 981. The minimum absolute atomic E-state index is 0.117. The van der Waals surface area contributed by atoms with Crippen LogP contribution in [0.5, 0.6) is 17.2 Å². The first-order valence-corrected chi connectivity index (χ1v) is 11.0. The fourth-order valence-electron chi connectivity index (χ4n) is 4.02. The van der Waals surface area contributed by atoms with Crippen molar-refractivity contribution >= 4 is 11.8 Å². The third-order valence-electron chi connectivity index (χ3n) is 5.78. The molecule has 2 aromatic carbocycles. The topological polar surface area (TPSA) is 109 Å². The Hall–Kier alpha value is -3.30. The molecule has 3 N–H and O–H groups in total. The zero-order chi connectivity index (χ0) is 23.2. The molecule has 2 atom stereocenters. The Balaban J connectivity index is 1.61. The molecule has 0 spiro atoms. The average Bonchev–Trinajstić information content (AvgIpc) is 3.20. The summed E-state index contributed by atoms with van der Waals surface area (Å²) in [4.78, 5) is 27.5. The third-order valence-corrected chi connectivity index (χ3v) is 5.78. The average molecular weight is 456 g/mol. The van der Waals surface area contributed by atoms with Crippen molar-refractivity contribution in [3.8, 4) is 17.2 Å². The lowest BCUT2D eigenvalue weighted by molar-refractivity contribution is -0.123. The summed E-state index contributed by atoms with van der Waals surface area (Å²) in [7, 11) is 1.50. The Morgan fingerprint density at radius 1 is 1.15 bits per heavy atom. The molecule has 0 aromatic heterocycles. The van der Waals surface area contributed by atoms with Gasteiger partial charge < -0.3 is 30.0 Å². The van der Waals surface area contributed by atoms with E-state index in [0.29, 0.717) is 48.9 Å². The molecule has 4 bridgehead atoms. The van der Waals surface area contributed by atoms with Gasteiger partial charge in [0, 0.05) is 38.3 Å². The largest absolute Gasteiger partial charge is 0.493 e. The minimum atomic E-state index is -0.283. The predicted octanol–water partition coefficient (Wildman–Crippen LogP) is 0.948. The van der Waals surface area contributed by atoms with Crippen LogP contribution in [0.2, 0.25) is 0 Å². The van der Waals surface area contributed by atoms with Gasteiger partial charge in [-0.3, -0.25) is 14.5 Å². The molecular weight excluding hydrogens is 426 g/mol. The highest BCUT2D eigenvalue weighted by Gasteiger charge is 2.35. The summed E-state index contributed by atoms with van der Waals surface area (Å²) in [5.41, 5.74) is 1.33. The van der Waals surface area contributed by atoms with Gasteiger partial charge in [0.05, 0.1) is 13.2 Å². The van der Waals surface area contributed by atoms with E-state index in [0.717, 1.165) is 12.1 Å². The molecule has 176 valence electrons. The molecular formula is C24H29N3O6. The highest BCUT2D eigenvalue weighted by molar-refractivity contribution is 5.95. The zero-order valence-electron chi connectivity index (χ0n) is 18.6. The van der Waals surface area contributed by atoms with Crippen LogP contribution in [0.15, 0.2) is 42.5 Å². The van der Waals surface area contributed by atoms with E-state index in [2.05, 4.69) is 15.5 Å². The van der Waals surface area contributed by atoms with Gasteiger partial charge in [0.25, 0.3) is 11.8 Å². The summed E-state index contributed by atoms with van der Waals surface area (Å²) in [6.07, 6.45) is 0.412. The van der Waals surface area contributed by atoms with Gasteiger partial charge in [0.15, 0.2) is 18.1 Å². The summed E-state index contributed by atoms with van der Waals surface area (Å²) in [5.74, 6) is 0.892. The number of likely N-dealkylation sites (tertiary alicyclic amines) is 1. The highest BCUT2D eigenvalue weighted by Crippen LogP contribution is 2.28. The summed E-state index contributed by atoms with van der Waals surface area (Å²) in [5, 5.41) is 15.1. The van der Waals surface area contributed by atoms with Crippen molar-refractivity contribution in [2.75, 3.05) is 40.0 Å². The second-order valence-electron chi connectivity index (χ2n) is 8.15. The number of aliphatic hydroxyl groups excluding tert-OH is 1. The Morgan fingerprint density at radius 2 is 1.97 bits per heavy atom. The Morgan fingerprint density at radius 3 is 2.73 bits per heavy atom. The SMILES string of the molecule is COc1ccc2cc1OCC(=O)NCc1ccc(cc1)O[C@H]1CN(CCCO)C[C@@H]1NC2=O. The smallest absolute Gasteiger partial charge is 0.258 e. The molecule has 9 heteroatoms. The lowest BCUT2D eigenvalue weighted by Crippen LogP contribution is -2.45. The van der Waals surface area contributed by atoms with Crippen LogP contribution < -0.4 is 24.8 Å². The van der Waals surface area contributed by atoms with Crippen LogP contribution in [-0.2, 0) is 11.3 Å². The van der Waals surface area contributed by atoms with Gasteiger partial charge in [-0.15, -0.1) is 0 Å². The standard InChI is InChI=1S/C24H29N3O6/c1-31-20-8-5-17-11-21(20)32-15-23(29)25-12-16-3-6-18(7-4-16)33-22-14-27(9-2-10-28)13-19(22)26-24(17)30/h3-8,11,19,22,28H,2,9-10,12-15H2,1H3,(H,25,29)(H,26,30)/t19-,22-/m0/s1. The number of hydrogen-bond donors (Lipinski definition) is 3. The number of hydrogen-bond acceptors (Lipinski definition) is 7. The Labute approximate surface area is 192 Å². The Kier molecular flexibility index (Phi) is 7.31. The number of nitrogens with one attached hydrogen (secondary N) is 2. The summed E-state index contributed by atoms with van der Waals surface area (Å²) in [6, 6.07) is 12.2. The fraction of sp³-hybridized carbons (Fsp3) is 0.417. The molecule has 3 heterocycles. The van der Waals surface area contributed by atoms with Gasteiger partial charge in [0.2, 0.25) is 0 Å². The summed E-state index contributed by atoms with van der Waals surface area (Å²) >= 11 is 0. The maximum Gasteiger partial charge on any atom is 0.258 e. The van der Waals surface area contributed by atoms with E-state index < -0.39 is 0 Å². The van der Waals surface area contributed by atoms with Crippen molar-refractivity contribution in [3.05, 3.63) is 53.6 Å². The maximum absolute atomic E-state index is 13.1. The van der Waals surface area contributed by atoms with Crippen LogP contribution >= 0.6 is 0 Å². The van der Waals surface area contributed by atoms with Crippen molar-refractivity contribution in [2.24, 2.45) is 0 Å². The molecule has 0 unspecified atom stereocenters. The zero-order valence-corrected chi connectivity index (χ0v) is 18.6. The molecule has 0 aliphatic carbocycles. The predicted molar refractivity (Wildman–Crippen MR) is 121 cm³/mol. The molecule has 1 fully saturated rings. The lowest BCUT2D eigenvalue weighted by atomic mass is 10.1. The van der Waals surface area contributed by atoms with Gasteiger partial charge in [-0.1, -0.05) is 12.1 Å². The van der Waals surface area contributed by atoms with Crippen LogP contribution in [0.25, 0.3) is 0 Å². The number of nitrogens with zero attached hydrogens (tertiary/aromatic N) is 1. The van der Waals surface area contributed by atoms with Crippen LogP contribution in [-0.4, -0.2) is 73.9 Å². The maximum atomic E-state index is 13.1. The quantitative estimate of drug-likeness (QED) is 0.630. The van der Waals surface area contributed by atoms with E-state index in [1.54, 1.807) is 18.2 Å². The molecule has 3 aliphatic heterocycles. The molecule has 2 aromatic rings. The molecule has 2 amide bonds. The van der Waals surface area contributed by atoms with E-state index in [-0.39, 0.29) is 37.2 Å². The molecule has 1 saturated heterocycles. The number of aliphatic hydroxyl groups is 1. The summed E-state index contributed by atoms with van der Waals surface area (Å²) in [6.45, 7) is 2.26. The van der Waals surface area contributed by atoms with E-state index >= 15 is 0 Å². The third kappa shape index (κ3) is 5.74.